The van der Waals surface area contributed by atoms with Crippen LogP contribution in [0.15, 0.2) is 17.5 Å². The predicted molar refractivity (Wildman–Crippen MR) is 65.2 cm³/mol. The first-order chi connectivity index (χ1) is 7.02. The molecule has 0 saturated carbocycles. The maximum absolute atomic E-state index is 11.6. The Hall–Kier alpha value is -0.670. The fourth-order valence-electron chi connectivity index (χ4n) is 1.31. The molecular formula is C12H19NOS. The van der Waals surface area contributed by atoms with Gasteiger partial charge in [0.1, 0.15) is 5.78 Å². The average molecular weight is 225 g/mol. The lowest BCUT2D eigenvalue weighted by molar-refractivity contribution is -0.123. The Bertz CT molecular complexity index is 305. The summed E-state index contributed by atoms with van der Waals surface area (Å²) >= 11 is 1.74. The maximum Gasteiger partial charge on any atom is 0.149 e. The van der Waals surface area contributed by atoms with Crippen LogP contribution in [0, 0.1) is 5.92 Å². The maximum atomic E-state index is 11.6. The van der Waals surface area contributed by atoms with E-state index in [4.69, 9.17) is 0 Å². The third-order valence-electron chi connectivity index (χ3n) is 2.67. The standard InChI is InChI=1S/C12H19NOS/c1-9(2)11(14)8-13(4)10(3)12-6-5-7-15-12/h5-7,9-10H,8H2,1-4H3. The summed E-state index contributed by atoms with van der Waals surface area (Å²) in [7, 11) is 2.00. The molecule has 1 heterocycles. The molecule has 1 rings (SSSR count). The van der Waals surface area contributed by atoms with E-state index in [1.54, 1.807) is 11.3 Å². The molecule has 0 spiro atoms. The minimum Gasteiger partial charge on any atom is -0.298 e. The van der Waals surface area contributed by atoms with Gasteiger partial charge >= 0.3 is 0 Å². The van der Waals surface area contributed by atoms with E-state index >= 15 is 0 Å². The van der Waals surface area contributed by atoms with Gasteiger partial charge in [-0.25, -0.2) is 0 Å². The van der Waals surface area contributed by atoms with Crippen molar-refractivity contribution in [3.63, 3.8) is 0 Å². The van der Waals surface area contributed by atoms with Gasteiger partial charge in [-0.3, -0.25) is 9.69 Å². The van der Waals surface area contributed by atoms with Crippen molar-refractivity contribution >= 4 is 17.1 Å². The van der Waals surface area contributed by atoms with Crippen molar-refractivity contribution < 1.29 is 4.79 Å². The number of Topliss-reactive ketones (excluding diaryl/α,β-unsaturated/α-hetero) is 1. The number of thiophene rings is 1. The van der Waals surface area contributed by atoms with Gasteiger partial charge < -0.3 is 0 Å². The molecule has 0 N–H and O–H groups in total. The average Bonchev–Trinajstić information content (AvgIpc) is 2.68. The van der Waals surface area contributed by atoms with E-state index in [-0.39, 0.29) is 5.92 Å². The minimum absolute atomic E-state index is 0.128. The smallest absolute Gasteiger partial charge is 0.149 e. The molecule has 0 radical (unpaired) electrons. The fourth-order valence-corrected chi connectivity index (χ4v) is 2.16. The van der Waals surface area contributed by atoms with Gasteiger partial charge in [0.2, 0.25) is 0 Å². The van der Waals surface area contributed by atoms with Crippen molar-refractivity contribution in [1.29, 1.82) is 0 Å². The van der Waals surface area contributed by atoms with E-state index in [1.165, 1.54) is 4.88 Å². The van der Waals surface area contributed by atoms with Crippen molar-refractivity contribution in [2.24, 2.45) is 5.92 Å². The SMILES string of the molecule is CC(C)C(=O)CN(C)C(C)c1cccs1. The zero-order chi connectivity index (χ0) is 11.4. The Morgan fingerprint density at radius 2 is 2.13 bits per heavy atom. The highest BCUT2D eigenvalue weighted by Gasteiger charge is 2.16. The van der Waals surface area contributed by atoms with Gasteiger partial charge in [0.15, 0.2) is 0 Å². The molecule has 1 unspecified atom stereocenters. The molecule has 3 heteroatoms. The van der Waals surface area contributed by atoms with Crippen LogP contribution in [-0.2, 0) is 4.79 Å². The first kappa shape index (κ1) is 12.4. The fraction of sp³-hybridized carbons (Fsp3) is 0.583. The van der Waals surface area contributed by atoms with Crippen LogP contribution in [0.1, 0.15) is 31.7 Å². The van der Waals surface area contributed by atoms with Gasteiger partial charge in [0.25, 0.3) is 0 Å². The Morgan fingerprint density at radius 3 is 2.60 bits per heavy atom. The molecule has 2 nitrogen and oxygen atoms in total. The van der Waals surface area contributed by atoms with Crippen molar-refractivity contribution in [2.75, 3.05) is 13.6 Å². The number of hydrogen-bond acceptors (Lipinski definition) is 3. The van der Waals surface area contributed by atoms with E-state index in [1.807, 2.05) is 20.9 Å². The van der Waals surface area contributed by atoms with Crippen molar-refractivity contribution in [3.8, 4) is 0 Å². The lowest BCUT2D eigenvalue weighted by Crippen LogP contribution is -2.30. The number of carbonyl (C=O) groups excluding carboxylic acids is 1. The number of hydrogen-bond donors (Lipinski definition) is 0. The number of nitrogens with zero attached hydrogens (tertiary/aromatic N) is 1. The summed E-state index contributed by atoms with van der Waals surface area (Å²) in [5.41, 5.74) is 0. The van der Waals surface area contributed by atoms with Crippen LogP contribution in [0.5, 0.6) is 0 Å². The van der Waals surface area contributed by atoms with Crippen LogP contribution >= 0.6 is 11.3 Å². The topological polar surface area (TPSA) is 20.3 Å². The van der Waals surface area contributed by atoms with Crippen LogP contribution in [0.4, 0.5) is 0 Å². The van der Waals surface area contributed by atoms with E-state index in [0.717, 1.165) is 0 Å². The molecule has 0 fully saturated rings. The summed E-state index contributed by atoms with van der Waals surface area (Å²) in [5, 5.41) is 2.07. The lowest BCUT2D eigenvalue weighted by Gasteiger charge is -2.23. The zero-order valence-electron chi connectivity index (χ0n) is 9.86. The summed E-state index contributed by atoms with van der Waals surface area (Å²) in [4.78, 5) is 15.0. The summed E-state index contributed by atoms with van der Waals surface area (Å²) in [5.74, 6) is 0.434. The molecule has 0 aliphatic heterocycles. The molecule has 1 atom stereocenters. The molecule has 0 bridgehead atoms. The molecular weight excluding hydrogens is 206 g/mol. The van der Waals surface area contributed by atoms with Crippen LogP contribution in [0.2, 0.25) is 0 Å². The number of likely N-dealkylation sites (N-methyl/N-ethyl adjacent to an activating group) is 1. The summed E-state index contributed by atoms with van der Waals surface area (Å²) in [6.07, 6.45) is 0. The normalized spacial score (nSPS) is 13.5. The van der Waals surface area contributed by atoms with E-state index in [9.17, 15) is 4.79 Å². The van der Waals surface area contributed by atoms with Crippen LogP contribution in [0.3, 0.4) is 0 Å². The van der Waals surface area contributed by atoms with Crippen LogP contribution in [0.25, 0.3) is 0 Å². The summed E-state index contributed by atoms with van der Waals surface area (Å²) in [6.45, 7) is 6.58. The van der Waals surface area contributed by atoms with Crippen molar-refractivity contribution in [3.05, 3.63) is 22.4 Å². The molecule has 0 aromatic carbocycles. The minimum atomic E-state index is 0.128. The van der Waals surface area contributed by atoms with Gasteiger partial charge in [-0.1, -0.05) is 19.9 Å². The van der Waals surface area contributed by atoms with Gasteiger partial charge in [0, 0.05) is 16.8 Å². The highest BCUT2D eigenvalue weighted by molar-refractivity contribution is 7.10. The third kappa shape index (κ3) is 3.43. The highest BCUT2D eigenvalue weighted by Crippen LogP contribution is 2.23. The van der Waals surface area contributed by atoms with E-state index in [2.05, 4.69) is 29.3 Å². The Morgan fingerprint density at radius 1 is 1.47 bits per heavy atom. The molecule has 0 aliphatic carbocycles. The summed E-state index contributed by atoms with van der Waals surface area (Å²) < 4.78 is 0. The first-order valence-corrected chi connectivity index (χ1v) is 6.16. The lowest BCUT2D eigenvalue weighted by atomic mass is 10.1. The quantitative estimate of drug-likeness (QED) is 0.768. The highest BCUT2D eigenvalue weighted by atomic mass is 32.1. The van der Waals surface area contributed by atoms with Crippen LogP contribution < -0.4 is 0 Å². The zero-order valence-corrected chi connectivity index (χ0v) is 10.7. The van der Waals surface area contributed by atoms with Gasteiger partial charge in [-0.2, -0.15) is 0 Å². The third-order valence-corrected chi connectivity index (χ3v) is 3.71. The second-order valence-electron chi connectivity index (χ2n) is 4.23. The van der Waals surface area contributed by atoms with Gasteiger partial charge in [0.05, 0.1) is 6.54 Å². The molecule has 84 valence electrons. The van der Waals surface area contributed by atoms with E-state index < -0.39 is 0 Å². The largest absolute Gasteiger partial charge is 0.298 e. The second-order valence-corrected chi connectivity index (χ2v) is 5.21. The Balaban J connectivity index is 2.54. The second kappa shape index (κ2) is 5.42. The number of ketones is 1. The first-order valence-electron chi connectivity index (χ1n) is 5.28. The van der Waals surface area contributed by atoms with Crippen LogP contribution in [-0.4, -0.2) is 24.3 Å². The van der Waals surface area contributed by atoms with Gasteiger partial charge in [-0.05, 0) is 25.4 Å². The molecule has 1 aromatic rings. The summed E-state index contributed by atoms with van der Waals surface area (Å²) in [6, 6.07) is 4.49. The molecule has 0 amide bonds. The number of rotatable bonds is 5. The molecule has 1 aromatic heterocycles. The Kier molecular flexibility index (Phi) is 4.48. The predicted octanol–water partition coefficient (Wildman–Crippen LogP) is 2.97. The number of carbonyl (C=O) groups is 1. The van der Waals surface area contributed by atoms with E-state index in [0.29, 0.717) is 18.4 Å². The Labute approximate surface area is 95.9 Å². The molecule has 0 saturated heterocycles. The monoisotopic (exact) mass is 225 g/mol. The van der Waals surface area contributed by atoms with Gasteiger partial charge in [-0.15, -0.1) is 11.3 Å². The molecule has 0 aliphatic rings. The van der Waals surface area contributed by atoms with Crippen molar-refractivity contribution in [2.45, 2.75) is 26.8 Å². The van der Waals surface area contributed by atoms with Crippen molar-refractivity contribution in [1.82, 2.24) is 4.90 Å². The molecule has 15 heavy (non-hydrogen) atoms.